The van der Waals surface area contributed by atoms with Crippen LogP contribution in [-0.2, 0) is 17.9 Å². The van der Waals surface area contributed by atoms with Crippen LogP contribution in [-0.4, -0.2) is 13.3 Å². The summed E-state index contributed by atoms with van der Waals surface area (Å²) in [6.45, 7) is 3.45. The fraction of sp³-hybridized carbons (Fsp3) is 0.643. The molecule has 0 radical (unpaired) electrons. The second-order valence-electron chi connectivity index (χ2n) is 4.44. The average Bonchev–Trinajstić information content (AvgIpc) is 2.38. The highest BCUT2D eigenvalue weighted by Gasteiger charge is 1.97. The van der Waals surface area contributed by atoms with Crippen molar-refractivity contribution in [2.75, 3.05) is 0 Å². The lowest BCUT2D eigenvalue weighted by Gasteiger charge is -2.03. The fourth-order valence-electron chi connectivity index (χ4n) is 1.83. The van der Waals surface area contributed by atoms with Gasteiger partial charge in [0.15, 0.2) is 12.4 Å². The van der Waals surface area contributed by atoms with Gasteiger partial charge in [-0.25, -0.2) is 4.57 Å². The molecule has 0 spiro atoms. The van der Waals surface area contributed by atoms with Crippen molar-refractivity contribution in [2.45, 2.75) is 58.4 Å². The molecule has 1 heterocycles. The molecule has 1 aromatic rings. The maximum Gasteiger partial charge on any atom is 0.168 e. The van der Waals surface area contributed by atoms with Crippen molar-refractivity contribution < 1.29 is 17.9 Å². The molecule has 0 saturated heterocycles. The standard InChI is InChI=1S/C14H24N.H2O3S/c1-2-3-4-5-6-7-9-12-15-13-10-8-11-14-15;1-4(2)3/h8,10-11,13-14H,2-7,9,12H2,1H3;(H2,1,2,3)/q+1;/p-2. The molecule has 1 aromatic heterocycles. The van der Waals surface area contributed by atoms with E-state index in [0.29, 0.717) is 0 Å². The van der Waals surface area contributed by atoms with Crippen LogP contribution < -0.4 is 4.57 Å². The van der Waals surface area contributed by atoms with Crippen LogP contribution in [0.3, 0.4) is 0 Å². The Morgan fingerprint density at radius 3 is 1.89 bits per heavy atom. The Balaban J connectivity index is 0.000000711. The molecule has 0 aliphatic heterocycles. The first-order chi connectivity index (χ1) is 9.16. The molecular formula is C14H24NO3S-. The molecule has 0 saturated carbocycles. The number of hydrogen-bond acceptors (Lipinski definition) is 3. The minimum absolute atomic E-state index is 1.18. The molecule has 0 unspecified atom stereocenters. The first-order valence-corrected chi connectivity index (χ1v) is 7.87. The molecule has 1 rings (SSSR count). The summed E-state index contributed by atoms with van der Waals surface area (Å²) >= 11 is -3.11. The summed E-state index contributed by atoms with van der Waals surface area (Å²) in [4.78, 5) is 0. The third kappa shape index (κ3) is 15.2. The zero-order chi connectivity index (χ0) is 14.3. The zero-order valence-electron chi connectivity index (χ0n) is 11.6. The molecule has 0 fully saturated rings. The predicted molar refractivity (Wildman–Crippen MR) is 74.3 cm³/mol. The van der Waals surface area contributed by atoms with Crippen LogP contribution in [0.2, 0.25) is 0 Å². The highest BCUT2D eigenvalue weighted by atomic mass is 32.2. The van der Waals surface area contributed by atoms with Gasteiger partial charge in [0, 0.05) is 18.6 Å². The van der Waals surface area contributed by atoms with Crippen molar-refractivity contribution in [2.24, 2.45) is 0 Å². The molecule has 0 aliphatic rings. The van der Waals surface area contributed by atoms with Gasteiger partial charge in [0.05, 0.1) is 0 Å². The lowest BCUT2D eigenvalue weighted by Crippen LogP contribution is -2.32. The second-order valence-corrected chi connectivity index (χ2v) is 4.85. The first kappa shape index (κ1) is 18.2. The molecule has 5 heteroatoms. The van der Waals surface area contributed by atoms with E-state index in [1.807, 2.05) is 0 Å². The van der Waals surface area contributed by atoms with Crippen LogP contribution in [0.15, 0.2) is 30.6 Å². The molecule has 0 N–H and O–H groups in total. The molecule has 110 valence electrons. The van der Waals surface area contributed by atoms with Crippen molar-refractivity contribution in [3.8, 4) is 0 Å². The zero-order valence-corrected chi connectivity index (χ0v) is 12.4. The van der Waals surface area contributed by atoms with E-state index < -0.39 is 11.4 Å². The van der Waals surface area contributed by atoms with Crippen LogP contribution in [0.5, 0.6) is 0 Å². The molecule has 0 amide bonds. The summed E-state index contributed by atoms with van der Waals surface area (Å²) in [6.07, 6.45) is 14.0. The minimum Gasteiger partial charge on any atom is -0.784 e. The van der Waals surface area contributed by atoms with Crippen LogP contribution in [0.25, 0.3) is 0 Å². The summed E-state index contributed by atoms with van der Waals surface area (Å²) in [5, 5.41) is 0. The van der Waals surface area contributed by atoms with Crippen molar-refractivity contribution >= 4 is 11.4 Å². The maximum atomic E-state index is 8.44. The summed E-state index contributed by atoms with van der Waals surface area (Å²) < 4.78 is 27.6. The largest absolute Gasteiger partial charge is 0.784 e. The van der Waals surface area contributed by atoms with Gasteiger partial charge in [-0.3, -0.25) is 4.21 Å². The van der Waals surface area contributed by atoms with E-state index in [1.54, 1.807) is 0 Å². The van der Waals surface area contributed by atoms with E-state index in [1.165, 1.54) is 51.5 Å². The Bertz CT molecular complexity index is 316. The Hall–Kier alpha value is -0.780. The third-order valence-corrected chi connectivity index (χ3v) is 2.80. The van der Waals surface area contributed by atoms with Gasteiger partial charge in [0.25, 0.3) is 0 Å². The van der Waals surface area contributed by atoms with E-state index in [9.17, 15) is 0 Å². The van der Waals surface area contributed by atoms with Crippen LogP contribution in [0.1, 0.15) is 51.9 Å². The van der Waals surface area contributed by atoms with Gasteiger partial charge >= 0.3 is 0 Å². The number of hydrogen-bond donors (Lipinski definition) is 0. The van der Waals surface area contributed by atoms with Gasteiger partial charge in [-0.15, -0.1) is 11.4 Å². The number of pyridine rings is 1. The monoisotopic (exact) mass is 286 g/mol. The van der Waals surface area contributed by atoms with E-state index in [2.05, 4.69) is 42.1 Å². The normalized spacial score (nSPS) is 10.1. The van der Waals surface area contributed by atoms with Crippen molar-refractivity contribution in [3.05, 3.63) is 30.6 Å². The van der Waals surface area contributed by atoms with E-state index in [4.69, 9.17) is 13.3 Å². The minimum atomic E-state index is -3.11. The van der Waals surface area contributed by atoms with Crippen LogP contribution >= 0.6 is 0 Å². The van der Waals surface area contributed by atoms with Crippen molar-refractivity contribution in [1.29, 1.82) is 0 Å². The average molecular weight is 286 g/mol. The highest BCUT2D eigenvalue weighted by molar-refractivity contribution is 7.72. The summed E-state index contributed by atoms with van der Waals surface area (Å²) in [5.41, 5.74) is 0. The topological polar surface area (TPSA) is 67.1 Å². The summed E-state index contributed by atoms with van der Waals surface area (Å²) in [6, 6.07) is 6.27. The Morgan fingerprint density at radius 2 is 1.37 bits per heavy atom. The van der Waals surface area contributed by atoms with E-state index in [-0.39, 0.29) is 0 Å². The lowest BCUT2D eigenvalue weighted by molar-refractivity contribution is -0.697. The molecule has 0 atom stereocenters. The number of unbranched alkanes of at least 4 members (excludes halogenated alkanes) is 6. The quantitative estimate of drug-likeness (QED) is 0.419. The van der Waals surface area contributed by atoms with Gasteiger partial charge in [-0.2, -0.15) is 0 Å². The first-order valence-electron chi connectivity index (χ1n) is 6.87. The second kappa shape index (κ2) is 13.6. The highest BCUT2D eigenvalue weighted by Crippen LogP contribution is 2.06. The van der Waals surface area contributed by atoms with Gasteiger partial charge in [-0.1, -0.05) is 45.1 Å². The number of nitrogens with zero attached hydrogens (tertiary/aromatic N) is 1. The maximum absolute atomic E-state index is 8.44. The predicted octanol–water partition coefficient (Wildman–Crippen LogP) is 2.72. The summed E-state index contributed by atoms with van der Waals surface area (Å²) in [7, 11) is 0. The SMILES string of the molecule is CCCCCCCCC[n+]1ccccc1.O=S([O-])[O-]. The molecule has 0 aliphatic carbocycles. The van der Waals surface area contributed by atoms with E-state index in [0.717, 1.165) is 0 Å². The number of aryl methyl sites for hydroxylation is 1. The van der Waals surface area contributed by atoms with Crippen LogP contribution in [0.4, 0.5) is 0 Å². The van der Waals surface area contributed by atoms with Gasteiger partial charge in [0.2, 0.25) is 0 Å². The van der Waals surface area contributed by atoms with Gasteiger partial charge in [0.1, 0.15) is 6.54 Å². The Labute approximate surface area is 119 Å². The molecule has 19 heavy (non-hydrogen) atoms. The molecule has 4 nitrogen and oxygen atoms in total. The smallest absolute Gasteiger partial charge is 0.168 e. The fourth-order valence-corrected chi connectivity index (χ4v) is 1.83. The Kier molecular flexibility index (Phi) is 13.1. The molecule has 0 aromatic carbocycles. The lowest BCUT2D eigenvalue weighted by atomic mass is 10.1. The van der Waals surface area contributed by atoms with E-state index >= 15 is 0 Å². The molecule has 0 bridgehead atoms. The van der Waals surface area contributed by atoms with Crippen molar-refractivity contribution in [3.63, 3.8) is 0 Å². The van der Waals surface area contributed by atoms with Gasteiger partial charge in [-0.05, 0) is 6.42 Å². The summed E-state index contributed by atoms with van der Waals surface area (Å²) in [5.74, 6) is 0. The Morgan fingerprint density at radius 1 is 0.895 bits per heavy atom. The van der Waals surface area contributed by atoms with Crippen molar-refractivity contribution in [1.82, 2.24) is 0 Å². The number of rotatable bonds is 8. The van der Waals surface area contributed by atoms with Crippen LogP contribution in [0, 0.1) is 0 Å². The number of aromatic nitrogens is 1. The van der Waals surface area contributed by atoms with Gasteiger partial charge < -0.3 is 9.11 Å². The third-order valence-electron chi connectivity index (χ3n) is 2.80. The molecular weight excluding hydrogens is 262 g/mol.